The van der Waals surface area contributed by atoms with Crippen molar-refractivity contribution in [2.45, 2.75) is 50.5 Å². The van der Waals surface area contributed by atoms with Crippen molar-refractivity contribution in [3.05, 3.63) is 70.5 Å². The van der Waals surface area contributed by atoms with E-state index < -0.39 is 29.8 Å². The Morgan fingerprint density at radius 1 is 1.21 bits per heavy atom. The van der Waals surface area contributed by atoms with E-state index in [4.69, 9.17) is 21.1 Å². The molecule has 34 heavy (non-hydrogen) atoms. The largest absolute Gasteiger partial charge is 0.461 e. The van der Waals surface area contributed by atoms with Crippen LogP contribution in [0.4, 0.5) is 4.39 Å². The molecule has 184 valence electrons. The highest BCUT2D eigenvalue weighted by Gasteiger charge is 2.29. The van der Waals surface area contributed by atoms with Crippen LogP contribution in [0.2, 0.25) is 30.7 Å². The van der Waals surface area contributed by atoms with Crippen LogP contribution in [0.25, 0.3) is 0 Å². The van der Waals surface area contributed by atoms with Gasteiger partial charge in [-0.2, -0.15) is 0 Å². The molecule has 3 rings (SSSR count). The molecular formula is C23H29ClFN3O4SSi. The van der Waals surface area contributed by atoms with Gasteiger partial charge in [0.1, 0.15) is 12.5 Å². The minimum Gasteiger partial charge on any atom is -0.461 e. The SMILES string of the molecule is Cc1c(S(C)(=O)=O)nc(C(Oc2ccccn2)c2ccc(F)c(Cl)c2)n1COCC[Si](C)(C)C. The Morgan fingerprint density at radius 2 is 1.94 bits per heavy atom. The first-order chi connectivity index (χ1) is 15.9. The van der Waals surface area contributed by atoms with Gasteiger partial charge in [-0.15, -0.1) is 0 Å². The monoisotopic (exact) mass is 525 g/mol. The maximum absolute atomic E-state index is 13.9. The van der Waals surface area contributed by atoms with Crippen molar-refractivity contribution in [3.8, 4) is 5.88 Å². The topological polar surface area (TPSA) is 83.3 Å². The number of hydrogen-bond acceptors (Lipinski definition) is 6. The van der Waals surface area contributed by atoms with Gasteiger partial charge in [0, 0.05) is 38.8 Å². The molecule has 0 saturated carbocycles. The predicted molar refractivity (Wildman–Crippen MR) is 132 cm³/mol. The number of halogens is 2. The smallest absolute Gasteiger partial charge is 0.214 e. The molecule has 2 aromatic heterocycles. The van der Waals surface area contributed by atoms with Crippen LogP contribution < -0.4 is 4.74 Å². The molecular weight excluding hydrogens is 497 g/mol. The maximum atomic E-state index is 13.9. The molecule has 0 fully saturated rings. The molecule has 0 aliphatic rings. The molecule has 1 atom stereocenters. The molecule has 2 heterocycles. The number of aromatic nitrogens is 3. The first kappa shape index (κ1) is 26.3. The molecule has 1 aromatic carbocycles. The summed E-state index contributed by atoms with van der Waals surface area (Å²) in [5.41, 5.74) is 0.916. The first-order valence-electron chi connectivity index (χ1n) is 10.7. The molecule has 0 radical (unpaired) electrons. The van der Waals surface area contributed by atoms with Crippen LogP contribution in [-0.4, -0.2) is 43.9 Å². The van der Waals surface area contributed by atoms with Gasteiger partial charge in [-0.1, -0.05) is 43.4 Å². The molecule has 11 heteroatoms. The van der Waals surface area contributed by atoms with E-state index in [0.29, 0.717) is 29.6 Å². The lowest BCUT2D eigenvalue weighted by Crippen LogP contribution is -2.23. The highest BCUT2D eigenvalue weighted by Crippen LogP contribution is 2.32. The normalized spacial score (nSPS) is 13.1. The average molecular weight is 526 g/mol. The van der Waals surface area contributed by atoms with Gasteiger partial charge in [0.05, 0.1) is 10.7 Å². The third-order valence-electron chi connectivity index (χ3n) is 5.13. The highest BCUT2D eigenvalue weighted by molar-refractivity contribution is 7.90. The standard InChI is InChI=1S/C23H29ClFN3O4SSi/c1-16-23(33(2,29)30)27-22(28(16)15-31-12-13-34(3,4)5)21(32-20-8-6-7-11-26-20)17-9-10-19(25)18(24)14-17/h6-11,14,21H,12-13,15H2,1-5H3. The van der Waals surface area contributed by atoms with Crippen molar-refractivity contribution in [1.29, 1.82) is 0 Å². The third kappa shape index (κ3) is 6.65. The van der Waals surface area contributed by atoms with Gasteiger partial charge in [0.15, 0.2) is 26.8 Å². The molecule has 0 amide bonds. The van der Waals surface area contributed by atoms with E-state index >= 15 is 0 Å². The lowest BCUT2D eigenvalue weighted by molar-refractivity contribution is 0.0785. The number of sulfone groups is 1. The summed E-state index contributed by atoms with van der Waals surface area (Å²) in [6.07, 6.45) is 1.76. The zero-order chi connectivity index (χ0) is 25.1. The van der Waals surface area contributed by atoms with Crippen LogP contribution in [-0.2, 0) is 21.3 Å². The molecule has 0 saturated heterocycles. The third-order valence-corrected chi connectivity index (χ3v) is 8.22. The Bertz CT molecular complexity index is 1250. The van der Waals surface area contributed by atoms with Crippen LogP contribution in [0.5, 0.6) is 5.88 Å². The summed E-state index contributed by atoms with van der Waals surface area (Å²) in [6.45, 7) is 9.05. The van der Waals surface area contributed by atoms with Gasteiger partial charge in [-0.05, 0) is 31.2 Å². The van der Waals surface area contributed by atoms with Crippen LogP contribution in [0.15, 0.2) is 47.6 Å². The minimum atomic E-state index is -3.63. The van der Waals surface area contributed by atoms with Crippen LogP contribution in [0, 0.1) is 12.7 Å². The lowest BCUT2D eigenvalue weighted by atomic mass is 10.1. The zero-order valence-corrected chi connectivity index (χ0v) is 22.5. The Hall–Kier alpha value is -2.27. The highest BCUT2D eigenvalue weighted by atomic mass is 35.5. The number of hydrogen-bond donors (Lipinski definition) is 0. The van der Waals surface area contributed by atoms with E-state index in [9.17, 15) is 12.8 Å². The lowest BCUT2D eigenvalue weighted by Gasteiger charge is -2.21. The van der Waals surface area contributed by atoms with Gasteiger partial charge >= 0.3 is 0 Å². The molecule has 0 bridgehead atoms. The van der Waals surface area contributed by atoms with E-state index in [1.807, 2.05) is 0 Å². The van der Waals surface area contributed by atoms with E-state index in [2.05, 4.69) is 29.6 Å². The number of imidazole rings is 1. The quantitative estimate of drug-likeness (QED) is 0.265. The first-order valence-corrected chi connectivity index (χ1v) is 16.7. The summed E-state index contributed by atoms with van der Waals surface area (Å²) in [4.78, 5) is 8.66. The van der Waals surface area contributed by atoms with Crippen LogP contribution in [0.1, 0.15) is 23.2 Å². The molecule has 3 aromatic rings. The van der Waals surface area contributed by atoms with Gasteiger partial charge in [0.25, 0.3) is 0 Å². The van der Waals surface area contributed by atoms with Crippen molar-refractivity contribution in [2.75, 3.05) is 12.9 Å². The van der Waals surface area contributed by atoms with Crippen LogP contribution >= 0.6 is 11.6 Å². The van der Waals surface area contributed by atoms with Gasteiger partial charge in [-0.3, -0.25) is 0 Å². The Morgan fingerprint density at radius 3 is 2.53 bits per heavy atom. The Balaban J connectivity index is 2.09. The molecule has 0 spiro atoms. The van der Waals surface area contributed by atoms with E-state index in [-0.39, 0.29) is 16.8 Å². The van der Waals surface area contributed by atoms with Gasteiger partial charge in [-0.25, -0.2) is 22.8 Å². The number of nitrogens with zero attached hydrogens (tertiary/aromatic N) is 3. The molecule has 0 aliphatic carbocycles. The summed E-state index contributed by atoms with van der Waals surface area (Å²) in [7, 11) is -4.94. The fourth-order valence-electron chi connectivity index (χ4n) is 3.26. The second kappa shape index (κ2) is 10.6. The second-order valence-corrected chi connectivity index (χ2v) is 17.2. The predicted octanol–water partition coefficient (Wildman–Crippen LogP) is 5.26. The van der Waals surface area contributed by atoms with Crippen molar-refractivity contribution >= 4 is 29.5 Å². The van der Waals surface area contributed by atoms with Crippen molar-refractivity contribution in [2.24, 2.45) is 0 Å². The average Bonchev–Trinajstić information content (AvgIpc) is 3.08. The minimum absolute atomic E-state index is 0.0703. The zero-order valence-electron chi connectivity index (χ0n) is 19.9. The summed E-state index contributed by atoms with van der Waals surface area (Å²) < 4.78 is 52.6. The summed E-state index contributed by atoms with van der Waals surface area (Å²) >= 11 is 6.05. The fraction of sp³-hybridized carbons (Fsp3) is 0.391. The number of pyridine rings is 1. The van der Waals surface area contributed by atoms with Crippen molar-refractivity contribution in [1.82, 2.24) is 14.5 Å². The Kier molecular flexibility index (Phi) is 8.17. The Labute approximate surface area is 205 Å². The van der Waals surface area contributed by atoms with Gasteiger partial charge < -0.3 is 14.0 Å². The van der Waals surface area contributed by atoms with Crippen molar-refractivity contribution in [3.63, 3.8) is 0 Å². The van der Waals surface area contributed by atoms with E-state index in [1.165, 1.54) is 18.2 Å². The number of benzene rings is 1. The molecule has 0 N–H and O–H groups in total. The summed E-state index contributed by atoms with van der Waals surface area (Å²) in [5, 5.41) is -0.157. The molecule has 1 unspecified atom stereocenters. The van der Waals surface area contributed by atoms with Gasteiger partial charge in [0.2, 0.25) is 5.88 Å². The van der Waals surface area contributed by atoms with Crippen molar-refractivity contribution < 1.29 is 22.3 Å². The summed E-state index contributed by atoms with van der Waals surface area (Å²) in [5.74, 6) is 0.00740. The molecule has 7 nitrogen and oxygen atoms in total. The summed E-state index contributed by atoms with van der Waals surface area (Å²) in [6, 6.07) is 10.3. The number of rotatable bonds is 10. The van der Waals surface area contributed by atoms with E-state index in [0.717, 1.165) is 12.3 Å². The number of ether oxygens (including phenoxy) is 2. The second-order valence-electron chi connectivity index (χ2n) is 9.25. The van der Waals surface area contributed by atoms with E-state index in [1.54, 1.807) is 35.9 Å². The molecule has 0 aliphatic heterocycles. The fourth-order valence-corrected chi connectivity index (χ4v) is 5.12. The maximum Gasteiger partial charge on any atom is 0.214 e. The van der Waals surface area contributed by atoms with Crippen LogP contribution in [0.3, 0.4) is 0 Å².